The molecule has 2 aliphatic rings. The molecule has 1 saturated heterocycles. The molecule has 0 saturated carbocycles. The van der Waals surface area contributed by atoms with Gasteiger partial charge in [0.15, 0.2) is 0 Å². The van der Waals surface area contributed by atoms with Crippen molar-refractivity contribution in [3.63, 3.8) is 0 Å². The molecule has 7 heteroatoms. The van der Waals surface area contributed by atoms with Crippen molar-refractivity contribution >= 4 is 47.2 Å². The zero-order chi connectivity index (χ0) is 23.5. The number of anilines is 1. The van der Waals surface area contributed by atoms with Gasteiger partial charge in [0.25, 0.3) is 5.91 Å². The molecule has 1 fully saturated rings. The zero-order valence-corrected chi connectivity index (χ0v) is 21.9. The van der Waals surface area contributed by atoms with E-state index in [2.05, 4.69) is 45.4 Å². The number of hydrogen-bond acceptors (Lipinski definition) is 3. The first-order valence-corrected chi connectivity index (χ1v) is 12.8. The van der Waals surface area contributed by atoms with E-state index in [1.807, 2.05) is 30.3 Å². The maximum atomic E-state index is 12.9. The van der Waals surface area contributed by atoms with Crippen LogP contribution in [0.25, 0.3) is 11.1 Å². The first-order valence-electron chi connectivity index (χ1n) is 12.0. The number of rotatable bonds is 7. The maximum Gasteiger partial charge on any atom is 0.251 e. The van der Waals surface area contributed by atoms with Crippen molar-refractivity contribution in [2.75, 3.05) is 44.2 Å². The van der Waals surface area contributed by atoms with Crippen molar-refractivity contribution in [2.45, 2.75) is 19.3 Å². The minimum Gasteiger partial charge on any atom is -0.368 e. The molecule has 0 unspecified atom stereocenters. The molecule has 35 heavy (non-hydrogen) atoms. The molecule has 0 aromatic heterocycles. The molecule has 1 N–H and O–H groups in total. The lowest BCUT2D eigenvalue weighted by atomic mass is 10.0. The van der Waals surface area contributed by atoms with E-state index in [0.717, 1.165) is 68.8 Å². The summed E-state index contributed by atoms with van der Waals surface area (Å²) in [5.74, 6) is 0.0386. The van der Waals surface area contributed by atoms with Gasteiger partial charge in [0, 0.05) is 38.3 Å². The first-order chi connectivity index (χ1) is 16.6. The molecule has 3 aromatic carbocycles. The van der Waals surface area contributed by atoms with Gasteiger partial charge in [-0.25, -0.2) is 0 Å². The molecular formula is C28H30Cl3N3O. The Kier molecular flexibility index (Phi) is 8.61. The van der Waals surface area contributed by atoms with Gasteiger partial charge in [0.2, 0.25) is 0 Å². The molecular weight excluding hydrogens is 501 g/mol. The van der Waals surface area contributed by atoms with Crippen molar-refractivity contribution in [3.8, 4) is 11.1 Å². The largest absolute Gasteiger partial charge is 0.368 e. The number of hydrogen-bond donors (Lipinski definition) is 1. The average molecular weight is 531 g/mol. The second-order valence-corrected chi connectivity index (χ2v) is 9.82. The van der Waals surface area contributed by atoms with Gasteiger partial charge < -0.3 is 10.2 Å². The fourth-order valence-electron chi connectivity index (χ4n) is 5.08. The van der Waals surface area contributed by atoms with E-state index in [-0.39, 0.29) is 18.3 Å². The Bertz CT molecular complexity index is 1190. The van der Waals surface area contributed by atoms with Crippen LogP contribution in [-0.2, 0) is 6.42 Å². The summed E-state index contributed by atoms with van der Waals surface area (Å²) in [7, 11) is 0. The van der Waals surface area contributed by atoms with Gasteiger partial charge in [0.05, 0.1) is 15.7 Å². The summed E-state index contributed by atoms with van der Waals surface area (Å²) in [5.41, 5.74) is 6.73. The molecule has 4 nitrogen and oxygen atoms in total. The smallest absolute Gasteiger partial charge is 0.251 e. The number of nitrogens with one attached hydrogen (secondary N) is 1. The van der Waals surface area contributed by atoms with E-state index >= 15 is 0 Å². The monoisotopic (exact) mass is 529 g/mol. The molecule has 0 atom stereocenters. The molecule has 0 spiro atoms. The predicted molar refractivity (Wildman–Crippen MR) is 149 cm³/mol. The summed E-state index contributed by atoms with van der Waals surface area (Å²) in [6.07, 6.45) is 2.87. The Hall–Kier alpha value is -2.24. The van der Waals surface area contributed by atoms with Crippen molar-refractivity contribution in [3.05, 3.63) is 87.4 Å². The molecule has 0 radical (unpaired) electrons. The molecule has 1 aliphatic carbocycles. The van der Waals surface area contributed by atoms with Gasteiger partial charge in [-0.2, -0.15) is 0 Å². The topological polar surface area (TPSA) is 35.6 Å². The highest BCUT2D eigenvalue weighted by Crippen LogP contribution is 2.38. The predicted octanol–water partition coefficient (Wildman–Crippen LogP) is 6.32. The van der Waals surface area contributed by atoms with Crippen LogP contribution in [0.2, 0.25) is 10.0 Å². The first kappa shape index (κ1) is 25.8. The van der Waals surface area contributed by atoms with Crippen LogP contribution < -0.4 is 10.2 Å². The third-order valence-electron chi connectivity index (χ3n) is 6.93. The molecule has 3 aromatic rings. The molecule has 1 amide bonds. The van der Waals surface area contributed by atoms with Crippen LogP contribution in [0.1, 0.15) is 34.3 Å². The van der Waals surface area contributed by atoms with Gasteiger partial charge >= 0.3 is 0 Å². The molecule has 1 heterocycles. The number of halogens is 3. The van der Waals surface area contributed by atoms with Crippen LogP contribution >= 0.6 is 35.6 Å². The third-order valence-corrected chi connectivity index (χ3v) is 7.74. The van der Waals surface area contributed by atoms with E-state index in [1.54, 1.807) is 0 Å². The standard InChI is InChI=1S/C28H29Cl2N3O.ClH/c29-25-11-6-12-26(27(25)30)33-17-15-32(16-18-33)14-4-3-13-31-28(34)23-10-5-9-22-21-8-2-1-7-20(21)19-24(22)23;/h1-2,5-12H,3-4,13-19H2,(H,31,34);1H. The summed E-state index contributed by atoms with van der Waals surface area (Å²) in [6, 6.07) is 20.3. The van der Waals surface area contributed by atoms with Crippen LogP contribution in [0.4, 0.5) is 5.69 Å². The lowest BCUT2D eigenvalue weighted by Crippen LogP contribution is -2.46. The molecule has 184 valence electrons. The van der Waals surface area contributed by atoms with Crippen molar-refractivity contribution in [1.29, 1.82) is 0 Å². The van der Waals surface area contributed by atoms with E-state index in [0.29, 0.717) is 16.6 Å². The van der Waals surface area contributed by atoms with Crippen LogP contribution in [0.3, 0.4) is 0 Å². The Morgan fingerprint density at radius 1 is 0.857 bits per heavy atom. The Labute approximate surface area is 223 Å². The van der Waals surface area contributed by atoms with Crippen LogP contribution in [-0.4, -0.2) is 50.1 Å². The number of unbranched alkanes of at least 4 members (excludes halogenated alkanes) is 1. The highest BCUT2D eigenvalue weighted by Gasteiger charge is 2.23. The summed E-state index contributed by atoms with van der Waals surface area (Å²) >= 11 is 12.6. The van der Waals surface area contributed by atoms with Gasteiger partial charge in [-0.1, -0.05) is 65.7 Å². The summed E-state index contributed by atoms with van der Waals surface area (Å²) < 4.78 is 0. The van der Waals surface area contributed by atoms with Crippen LogP contribution in [0.15, 0.2) is 60.7 Å². The number of carbonyl (C=O) groups is 1. The van der Waals surface area contributed by atoms with Crippen molar-refractivity contribution < 1.29 is 4.79 Å². The van der Waals surface area contributed by atoms with E-state index in [9.17, 15) is 4.79 Å². The average Bonchev–Trinajstić information content (AvgIpc) is 3.25. The second kappa shape index (κ2) is 11.7. The normalized spacial score (nSPS) is 14.7. The van der Waals surface area contributed by atoms with E-state index < -0.39 is 0 Å². The fourth-order valence-corrected chi connectivity index (χ4v) is 5.49. The highest BCUT2D eigenvalue weighted by atomic mass is 35.5. The second-order valence-electron chi connectivity index (χ2n) is 9.03. The number of fused-ring (bicyclic) bond motifs is 3. The van der Waals surface area contributed by atoms with Gasteiger partial charge in [0.1, 0.15) is 0 Å². The number of nitrogens with zero attached hydrogens (tertiary/aromatic N) is 2. The lowest BCUT2D eigenvalue weighted by molar-refractivity contribution is 0.0951. The zero-order valence-electron chi connectivity index (χ0n) is 19.6. The van der Waals surface area contributed by atoms with Crippen LogP contribution in [0, 0.1) is 0 Å². The van der Waals surface area contributed by atoms with Gasteiger partial charge in [-0.05, 0) is 66.3 Å². The fraction of sp³-hybridized carbons (Fsp3) is 0.321. The quantitative estimate of drug-likeness (QED) is 0.284. The van der Waals surface area contributed by atoms with Crippen molar-refractivity contribution in [2.24, 2.45) is 0 Å². The Morgan fingerprint density at radius 3 is 2.43 bits per heavy atom. The minimum absolute atomic E-state index is 0. The molecule has 0 bridgehead atoms. The number of carbonyl (C=O) groups excluding carboxylic acids is 1. The highest BCUT2D eigenvalue weighted by molar-refractivity contribution is 6.43. The summed E-state index contributed by atoms with van der Waals surface area (Å²) in [6.45, 7) is 5.64. The van der Waals surface area contributed by atoms with E-state index in [1.165, 1.54) is 16.7 Å². The summed E-state index contributed by atoms with van der Waals surface area (Å²) in [5, 5.41) is 4.39. The van der Waals surface area contributed by atoms with E-state index in [4.69, 9.17) is 23.2 Å². The van der Waals surface area contributed by atoms with Gasteiger partial charge in [-0.15, -0.1) is 12.4 Å². The van der Waals surface area contributed by atoms with Crippen molar-refractivity contribution in [1.82, 2.24) is 10.2 Å². The number of benzene rings is 3. The SMILES string of the molecule is Cl.O=C(NCCCCN1CCN(c2cccc(Cl)c2Cl)CC1)c1cccc2c1Cc1ccccc1-2. The lowest BCUT2D eigenvalue weighted by Gasteiger charge is -2.36. The Morgan fingerprint density at radius 2 is 1.60 bits per heavy atom. The third kappa shape index (κ3) is 5.62. The minimum atomic E-state index is 0. The van der Waals surface area contributed by atoms with Crippen LogP contribution in [0.5, 0.6) is 0 Å². The summed E-state index contributed by atoms with van der Waals surface area (Å²) in [4.78, 5) is 17.7. The van der Waals surface area contributed by atoms with Gasteiger partial charge in [-0.3, -0.25) is 9.69 Å². The number of piperazine rings is 1. The molecule has 5 rings (SSSR count). The maximum absolute atomic E-state index is 12.9. The Balaban J connectivity index is 0.00000289. The molecule has 1 aliphatic heterocycles. The number of amides is 1.